The molecule has 4 heteroatoms. The molecule has 0 unspecified atom stereocenters. The molecule has 62 valence electrons. The number of carbonyl (C=O) groups is 1. The van der Waals surface area contributed by atoms with Gasteiger partial charge in [0.1, 0.15) is 0 Å². The molecule has 0 aliphatic carbocycles. The normalized spacial score (nSPS) is 9.73. The van der Waals surface area contributed by atoms with Crippen molar-refractivity contribution in [2.45, 2.75) is 6.92 Å². The minimum absolute atomic E-state index is 0.0288. The summed E-state index contributed by atoms with van der Waals surface area (Å²) in [4.78, 5) is 10.8. The highest BCUT2D eigenvalue weighted by Crippen LogP contribution is 2.37. The van der Waals surface area contributed by atoms with Crippen LogP contribution in [0.1, 0.15) is 6.92 Å². The van der Waals surface area contributed by atoms with E-state index in [-0.39, 0.29) is 6.61 Å². The molecule has 0 radical (unpaired) electrons. The van der Waals surface area contributed by atoms with Crippen LogP contribution in [0.15, 0.2) is 0 Å². The van der Waals surface area contributed by atoms with Gasteiger partial charge in [-0.25, -0.2) is 4.79 Å². The minimum Gasteiger partial charge on any atom is -0.447 e. The molecule has 0 rings (SSSR count). The van der Waals surface area contributed by atoms with Crippen LogP contribution in [-0.2, 0) is 9.30 Å². The molecule has 3 nitrogen and oxygen atoms in total. The Bertz CT molecular complexity index is 240. The Morgan fingerprint density at radius 1 is 1.55 bits per heavy atom. The molecule has 0 aromatic carbocycles. The van der Waals surface area contributed by atoms with Gasteiger partial charge in [0.25, 0.3) is 0 Å². The average Bonchev–Trinajstić information content (AvgIpc) is 1.86. The van der Waals surface area contributed by atoms with Gasteiger partial charge in [-0.15, -0.1) is 5.92 Å². The molecule has 0 fully saturated rings. The monoisotopic (exact) mass is 174 g/mol. The summed E-state index contributed by atoms with van der Waals surface area (Å²) >= 11 is 0. The third-order valence-electron chi connectivity index (χ3n) is 0.884. The van der Waals surface area contributed by atoms with Gasteiger partial charge in [0.2, 0.25) is 0 Å². The highest BCUT2D eigenvalue weighted by atomic mass is 31.2. The molecule has 0 bridgehead atoms. The van der Waals surface area contributed by atoms with Gasteiger partial charge in [0.05, 0.1) is 0 Å². The molecule has 0 spiro atoms. The summed E-state index contributed by atoms with van der Waals surface area (Å²) in [6.45, 7) is 4.41. The zero-order valence-electron chi connectivity index (χ0n) is 6.88. The lowest BCUT2D eigenvalue weighted by atomic mass is 10.6. The first-order valence-corrected chi connectivity index (χ1v) is 5.70. The molecule has 0 aromatic rings. The third-order valence-corrected chi connectivity index (χ3v) is 1.89. The van der Waals surface area contributed by atoms with Crippen LogP contribution in [0.2, 0.25) is 0 Å². The molecular weight excluding hydrogens is 163 g/mol. The van der Waals surface area contributed by atoms with Gasteiger partial charge >= 0.3 is 5.71 Å². The summed E-state index contributed by atoms with van der Waals surface area (Å²) in [6.07, 6.45) is 0. The van der Waals surface area contributed by atoms with E-state index in [0.717, 1.165) is 0 Å². The van der Waals surface area contributed by atoms with E-state index >= 15 is 0 Å². The summed E-state index contributed by atoms with van der Waals surface area (Å²) in [5, 5.41) is 0. The van der Waals surface area contributed by atoms with Crippen molar-refractivity contribution >= 4 is 12.9 Å². The number of carbonyl (C=O) groups excluding carboxylic acids is 1. The Labute approximate surface area is 66.5 Å². The van der Waals surface area contributed by atoms with Crippen LogP contribution in [-0.4, -0.2) is 25.6 Å². The van der Waals surface area contributed by atoms with Crippen molar-refractivity contribution in [3.05, 3.63) is 0 Å². The lowest BCUT2D eigenvalue weighted by Gasteiger charge is -2.03. The molecule has 0 atom stereocenters. The Kier molecular flexibility index (Phi) is 3.92. The first-order chi connectivity index (χ1) is 4.98. The smallest absolute Gasteiger partial charge is 0.364 e. The van der Waals surface area contributed by atoms with E-state index in [1.165, 1.54) is 13.3 Å². The zero-order valence-corrected chi connectivity index (χ0v) is 7.77. The summed E-state index contributed by atoms with van der Waals surface area (Å²) in [7, 11) is -2.73. The van der Waals surface area contributed by atoms with Crippen molar-refractivity contribution in [2.75, 3.05) is 19.9 Å². The fraction of sp³-hybridized carbons (Fsp3) is 0.571. The summed E-state index contributed by atoms with van der Waals surface area (Å²) < 4.78 is 15.6. The van der Waals surface area contributed by atoms with Crippen molar-refractivity contribution in [2.24, 2.45) is 0 Å². The molecule has 11 heavy (non-hydrogen) atoms. The average molecular weight is 174 g/mol. The summed E-state index contributed by atoms with van der Waals surface area (Å²) in [6, 6.07) is 0. The van der Waals surface area contributed by atoms with Crippen LogP contribution in [0.25, 0.3) is 0 Å². The van der Waals surface area contributed by atoms with Gasteiger partial charge in [0.15, 0.2) is 13.7 Å². The number of ether oxygens (including phenoxy) is 1. The minimum atomic E-state index is -2.73. The second-order valence-corrected chi connectivity index (χ2v) is 5.40. The van der Waals surface area contributed by atoms with E-state index in [1.807, 2.05) is 0 Å². The number of hydrogen-bond acceptors (Lipinski definition) is 3. The van der Waals surface area contributed by atoms with Crippen molar-refractivity contribution in [1.82, 2.24) is 0 Å². The fourth-order valence-corrected chi connectivity index (χ4v) is 0.701. The van der Waals surface area contributed by atoms with Crippen LogP contribution in [0.5, 0.6) is 0 Å². The molecule has 0 saturated heterocycles. The SMILES string of the molecule is CC#CCOC(=O)P(C)(C)=O. The van der Waals surface area contributed by atoms with E-state index in [2.05, 4.69) is 16.6 Å². The van der Waals surface area contributed by atoms with Crippen molar-refractivity contribution < 1.29 is 14.1 Å². The first kappa shape index (κ1) is 10.3. The van der Waals surface area contributed by atoms with E-state index in [0.29, 0.717) is 0 Å². The molecular formula is C7H11O3P. The maximum Gasteiger partial charge on any atom is 0.364 e. The first-order valence-electron chi connectivity index (χ1n) is 3.10. The second-order valence-electron chi connectivity index (χ2n) is 2.33. The van der Waals surface area contributed by atoms with Gasteiger partial charge in [0, 0.05) is 0 Å². The lowest BCUT2D eigenvalue weighted by Crippen LogP contribution is -2.01. The largest absolute Gasteiger partial charge is 0.447 e. The van der Waals surface area contributed by atoms with E-state index in [1.54, 1.807) is 6.92 Å². The van der Waals surface area contributed by atoms with Crippen molar-refractivity contribution in [3.63, 3.8) is 0 Å². The molecule has 0 aliphatic heterocycles. The van der Waals surface area contributed by atoms with Gasteiger partial charge in [-0.3, -0.25) is 0 Å². The molecule has 0 aromatic heterocycles. The van der Waals surface area contributed by atoms with Crippen molar-refractivity contribution in [1.29, 1.82) is 0 Å². The van der Waals surface area contributed by atoms with Crippen LogP contribution >= 0.6 is 7.14 Å². The standard InChI is InChI=1S/C7H11O3P/c1-4-5-6-10-7(8)11(2,3)9/h6H2,1-3H3. The number of rotatable bonds is 2. The van der Waals surface area contributed by atoms with Crippen LogP contribution < -0.4 is 0 Å². The highest BCUT2D eigenvalue weighted by Gasteiger charge is 2.19. The number of hydrogen-bond donors (Lipinski definition) is 0. The van der Waals surface area contributed by atoms with Gasteiger partial charge in [-0.05, 0) is 20.3 Å². The summed E-state index contributed by atoms with van der Waals surface area (Å²) in [5.74, 6) is 5.09. The van der Waals surface area contributed by atoms with Crippen LogP contribution in [0, 0.1) is 11.8 Å². The molecule has 0 aliphatic rings. The predicted molar refractivity (Wildman–Crippen MR) is 44.3 cm³/mol. The topological polar surface area (TPSA) is 43.4 Å². The Balaban J connectivity index is 3.87. The van der Waals surface area contributed by atoms with E-state index < -0.39 is 12.9 Å². The Morgan fingerprint density at radius 2 is 2.09 bits per heavy atom. The van der Waals surface area contributed by atoms with E-state index in [9.17, 15) is 9.36 Å². The predicted octanol–water partition coefficient (Wildman–Crippen LogP) is 1.77. The molecule has 0 N–H and O–H groups in total. The van der Waals surface area contributed by atoms with Gasteiger partial charge in [-0.1, -0.05) is 5.92 Å². The fourth-order valence-electron chi connectivity index (χ4n) is 0.325. The third kappa shape index (κ3) is 4.64. The second kappa shape index (κ2) is 4.20. The van der Waals surface area contributed by atoms with Crippen molar-refractivity contribution in [3.8, 4) is 11.8 Å². The maximum atomic E-state index is 11.0. The van der Waals surface area contributed by atoms with Gasteiger partial charge < -0.3 is 9.30 Å². The Morgan fingerprint density at radius 3 is 2.45 bits per heavy atom. The Hall–Kier alpha value is -0.740. The highest BCUT2D eigenvalue weighted by molar-refractivity contribution is 7.78. The van der Waals surface area contributed by atoms with Gasteiger partial charge in [-0.2, -0.15) is 0 Å². The molecule has 0 amide bonds. The lowest BCUT2D eigenvalue weighted by molar-refractivity contribution is 0.186. The molecule has 0 heterocycles. The summed E-state index contributed by atoms with van der Waals surface area (Å²) in [5.41, 5.74) is -0.653. The van der Waals surface area contributed by atoms with Crippen LogP contribution in [0.4, 0.5) is 4.79 Å². The zero-order chi connectivity index (χ0) is 8.91. The van der Waals surface area contributed by atoms with Crippen LogP contribution in [0.3, 0.4) is 0 Å². The quantitative estimate of drug-likeness (QED) is 0.473. The molecule has 0 saturated carbocycles. The van der Waals surface area contributed by atoms with E-state index in [4.69, 9.17) is 0 Å². The maximum absolute atomic E-state index is 11.0.